The first-order valence-electron chi connectivity index (χ1n) is 13.3. The number of hydrogen-bond donors (Lipinski definition) is 0. The second-order valence-corrected chi connectivity index (χ2v) is 9.33. The second-order valence-electron chi connectivity index (χ2n) is 9.33. The van der Waals surface area contributed by atoms with Gasteiger partial charge in [0.05, 0.1) is 13.2 Å². The van der Waals surface area contributed by atoms with Crippen LogP contribution in [0, 0.1) is 24.7 Å². The molecule has 202 valence electrons. The maximum atomic E-state index is 5.84. The number of ether oxygens (including phenoxy) is 4. The minimum Gasteiger partial charge on any atom is -0.491 e. The third-order valence-corrected chi connectivity index (χ3v) is 6.80. The lowest BCUT2D eigenvalue weighted by Crippen LogP contribution is -2.25. The number of terminal acetylenes is 2. The van der Waals surface area contributed by atoms with E-state index in [0.717, 1.165) is 22.6 Å². The van der Waals surface area contributed by atoms with Crippen molar-refractivity contribution in [3.63, 3.8) is 0 Å². The van der Waals surface area contributed by atoms with Crippen LogP contribution in [0.15, 0.2) is 103 Å². The molecule has 0 fully saturated rings. The van der Waals surface area contributed by atoms with Crippen molar-refractivity contribution in [3.8, 4) is 47.3 Å². The SMILES string of the molecule is C#CCOCCOc1ccc(C(C)(c2ccc(OCCOCC#C)cc2)c2ccc(-c3ccccc3)cc2)cc1. The maximum Gasteiger partial charge on any atom is 0.119 e. The van der Waals surface area contributed by atoms with Crippen LogP contribution in [0.2, 0.25) is 0 Å². The number of benzene rings is 4. The summed E-state index contributed by atoms with van der Waals surface area (Å²) in [5.41, 5.74) is 5.42. The molecule has 40 heavy (non-hydrogen) atoms. The van der Waals surface area contributed by atoms with Crippen molar-refractivity contribution in [2.75, 3.05) is 39.6 Å². The Labute approximate surface area is 237 Å². The zero-order chi connectivity index (χ0) is 28.0. The summed E-state index contributed by atoms with van der Waals surface area (Å²) in [6.07, 6.45) is 10.4. The first-order valence-corrected chi connectivity index (χ1v) is 13.3. The van der Waals surface area contributed by atoms with E-state index in [-0.39, 0.29) is 13.2 Å². The molecule has 0 saturated heterocycles. The third kappa shape index (κ3) is 7.33. The van der Waals surface area contributed by atoms with E-state index in [2.05, 4.69) is 91.6 Å². The van der Waals surface area contributed by atoms with Crippen LogP contribution < -0.4 is 9.47 Å². The Bertz CT molecular complexity index is 1330. The highest BCUT2D eigenvalue weighted by molar-refractivity contribution is 5.64. The van der Waals surface area contributed by atoms with Gasteiger partial charge in [-0.2, -0.15) is 0 Å². The molecular formula is C36H34O4. The van der Waals surface area contributed by atoms with Crippen molar-refractivity contribution < 1.29 is 18.9 Å². The van der Waals surface area contributed by atoms with Crippen LogP contribution in [0.1, 0.15) is 23.6 Å². The summed E-state index contributed by atoms with van der Waals surface area (Å²) < 4.78 is 22.3. The molecule has 0 aromatic heterocycles. The zero-order valence-electron chi connectivity index (χ0n) is 22.8. The van der Waals surface area contributed by atoms with Crippen molar-refractivity contribution in [1.82, 2.24) is 0 Å². The minimum atomic E-state index is -0.419. The standard InChI is InChI=1S/C36H34O4/c1-4-23-37-25-27-39-34-19-15-32(16-20-34)36(3,31-13-11-30(12-14-31)29-9-7-6-8-10-29)33-17-21-35(22-18-33)40-28-26-38-24-5-2/h1-2,6-22H,23-28H2,3H3. The molecule has 0 heterocycles. The van der Waals surface area contributed by atoms with E-state index < -0.39 is 5.41 Å². The highest BCUT2D eigenvalue weighted by atomic mass is 16.5. The Morgan fingerprint density at radius 1 is 0.525 bits per heavy atom. The van der Waals surface area contributed by atoms with Crippen LogP contribution in [0.25, 0.3) is 11.1 Å². The largest absolute Gasteiger partial charge is 0.491 e. The van der Waals surface area contributed by atoms with E-state index in [1.165, 1.54) is 16.7 Å². The van der Waals surface area contributed by atoms with Crippen molar-refractivity contribution in [2.24, 2.45) is 0 Å². The first-order chi connectivity index (χ1) is 19.6. The molecule has 4 aromatic carbocycles. The Morgan fingerprint density at radius 3 is 1.35 bits per heavy atom. The zero-order valence-corrected chi connectivity index (χ0v) is 22.8. The van der Waals surface area contributed by atoms with E-state index in [1.54, 1.807) is 0 Å². The van der Waals surface area contributed by atoms with E-state index in [1.807, 2.05) is 30.3 Å². The third-order valence-electron chi connectivity index (χ3n) is 6.80. The van der Waals surface area contributed by atoms with Crippen molar-refractivity contribution in [3.05, 3.63) is 120 Å². The predicted molar refractivity (Wildman–Crippen MR) is 161 cm³/mol. The Morgan fingerprint density at radius 2 is 0.925 bits per heavy atom. The summed E-state index contributed by atoms with van der Waals surface area (Å²) in [7, 11) is 0. The van der Waals surface area contributed by atoms with Crippen LogP contribution in [0.5, 0.6) is 11.5 Å². The van der Waals surface area contributed by atoms with Gasteiger partial charge >= 0.3 is 0 Å². The summed E-state index contributed by atoms with van der Waals surface area (Å²) in [5, 5.41) is 0. The average Bonchev–Trinajstić information content (AvgIpc) is 3.01. The fourth-order valence-electron chi connectivity index (χ4n) is 4.59. The quantitative estimate of drug-likeness (QED) is 0.102. The maximum absolute atomic E-state index is 5.84. The molecule has 0 saturated carbocycles. The lowest BCUT2D eigenvalue weighted by Gasteiger charge is -2.32. The van der Waals surface area contributed by atoms with Crippen molar-refractivity contribution >= 4 is 0 Å². The highest BCUT2D eigenvalue weighted by Crippen LogP contribution is 2.40. The van der Waals surface area contributed by atoms with Crippen LogP contribution in [-0.2, 0) is 14.9 Å². The summed E-state index contributed by atoms with van der Waals surface area (Å²) >= 11 is 0. The van der Waals surface area contributed by atoms with Gasteiger partial charge in [-0.05, 0) is 59.0 Å². The molecule has 4 aromatic rings. The van der Waals surface area contributed by atoms with Gasteiger partial charge in [-0.1, -0.05) is 90.7 Å². The molecule has 0 aliphatic heterocycles. The average molecular weight is 531 g/mol. The first kappa shape index (κ1) is 28.5. The van der Waals surface area contributed by atoms with E-state index >= 15 is 0 Å². The molecule has 0 atom stereocenters. The van der Waals surface area contributed by atoms with Crippen LogP contribution in [0.3, 0.4) is 0 Å². The molecule has 0 unspecified atom stereocenters. The summed E-state index contributed by atoms with van der Waals surface area (Å²) in [5.74, 6) is 6.48. The van der Waals surface area contributed by atoms with Gasteiger partial charge in [-0.25, -0.2) is 0 Å². The molecular weight excluding hydrogens is 496 g/mol. The van der Waals surface area contributed by atoms with Crippen molar-refractivity contribution in [1.29, 1.82) is 0 Å². The van der Waals surface area contributed by atoms with Gasteiger partial charge in [0.25, 0.3) is 0 Å². The summed E-state index contributed by atoms with van der Waals surface area (Å²) in [6, 6.07) is 35.7. The smallest absolute Gasteiger partial charge is 0.119 e. The Balaban J connectivity index is 1.59. The van der Waals surface area contributed by atoms with Crippen molar-refractivity contribution in [2.45, 2.75) is 12.3 Å². The van der Waals surface area contributed by atoms with E-state index in [4.69, 9.17) is 31.8 Å². The van der Waals surface area contributed by atoms with E-state index in [0.29, 0.717) is 26.4 Å². The molecule has 0 spiro atoms. The fourth-order valence-corrected chi connectivity index (χ4v) is 4.59. The highest BCUT2D eigenvalue weighted by Gasteiger charge is 2.31. The lowest BCUT2D eigenvalue weighted by molar-refractivity contribution is 0.124. The molecule has 0 radical (unpaired) electrons. The Kier molecular flexibility index (Phi) is 10.4. The molecule has 4 heteroatoms. The fraction of sp³-hybridized carbons (Fsp3) is 0.222. The van der Waals surface area contributed by atoms with Crippen LogP contribution in [-0.4, -0.2) is 39.6 Å². The molecule has 0 amide bonds. The van der Waals surface area contributed by atoms with Crippen LogP contribution >= 0.6 is 0 Å². The van der Waals surface area contributed by atoms with Gasteiger partial charge < -0.3 is 18.9 Å². The minimum absolute atomic E-state index is 0.285. The number of rotatable bonds is 14. The second kappa shape index (κ2) is 14.6. The molecule has 0 aliphatic rings. The number of hydrogen-bond acceptors (Lipinski definition) is 4. The molecule has 0 aliphatic carbocycles. The summed E-state index contributed by atoms with van der Waals surface area (Å²) in [6.45, 7) is 4.59. The van der Waals surface area contributed by atoms with E-state index in [9.17, 15) is 0 Å². The monoisotopic (exact) mass is 530 g/mol. The molecule has 0 bridgehead atoms. The van der Waals surface area contributed by atoms with Gasteiger partial charge in [-0.3, -0.25) is 0 Å². The molecule has 4 rings (SSSR count). The van der Waals surface area contributed by atoms with Crippen LogP contribution in [0.4, 0.5) is 0 Å². The van der Waals surface area contributed by atoms with Gasteiger partial charge in [-0.15, -0.1) is 12.8 Å². The van der Waals surface area contributed by atoms with Gasteiger partial charge in [0.1, 0.15) is 37.9 Å². The summed E-state index contributed by atoms with van der Waals surface area (Å²) in [4.78, 5) is 0. The normalized spacial score (nSPS) is 10.9. The van der Waals surface area contributed by atoms with Gasteiger partial charge in [0, 0.05) is 5.41 Å². The van der Waals surface area contributed by atoms with Gasteiger partial charge in [0.2, 0.25) is 0 Å². The molecule has 0 N–H and O–H groups in total. The lowest BCUT2D eigenvalue weighted by atomic mass is 9.71. The van der Waals surface area contributed by atoms with Gasteiger partial charge in [0.15, 0.2) is 0 Å². The predicted octanol–water partition coefficient (Wildman–Crippen LogP) is 6.77. The topological polar surface area (TPSA) is 36.9 Å². The molecule has 4 nitrogen and oxygen atoms in total. The Hall–Kier alpha value is -4.48.